The maximum atomic E-state index is 13.0. The first-order chi connectivity index (χ1) is 14.7. The number of pyridine rings is 1. The van der Waals surface area contributed by atoms with Crippen molar-refractivity contribution in [3.63, 3.8) is 0 Å². The second-order valence-corrected chi connectivity index (χ2v) is 7.30. The number of hydrogen-bond donors (Lipinski definition) is 2. The SMILES string of the molecule is Cc1cccn2cc(-c3ccc(NC(=O)Nc4ccc(Cl)c(C(F)(F)F)c4)cc3)nc12. The number of halogens is 4. The number of nitrogens with zero attached hydrogens (tertiary/aromatic N) is 2. The second kappa shape index (κ2) is 7.96. The molecule has 5 nitrogen and oxygen atoms in total. The van der Waals surface area contributed by atoms with Gasteiger partial charge in [0.25, 0.3) is 0 Å². The van der Waals surface area contributed by atoms with Gasteiger partial charge in [0.2, 0.25) is 0 Å². The van der Waals surface area contributed by atoms with Crippen molar-refractivity contribution in [3.05, 3.63) is 83.1 Å². The number of carbonyl (C=O) groups excluding carboxylic acids is 1. The van der Waals surface area contributed by atoms with Gasteiger partial charge in [-0.2, -0.15) is 13.2 Å². The molecule has 9 heteroatoms. The zero-order valence-electron chi connectivity index (χ0n) is 16.2. The van der Waals surface area contributed by atoms with Crippen molar-refractivity contribution in [2.75, 3.05) is 10.6 Å². The number of alkyl halides is 3. The first-order valence-corrected chi connectivity index (χ1v) is 9.58. The number of amides is 2. The number of nitrogens with one attached hydrogen (secondary N) is 2. The van der Waals surface area contributed by atoms with Crippen LogP contribution in [-0.2, 0) is 6.18 Å². The lowest BCUT2D eigenvalue weighted by atomic mass is 10.1. The second-order valence-electron chi connectivity index (χ2n) is 6.90. The minimum Gasteiger partial charge on any atom is -0.308 e. The van der Waals surface area contributed by atoms with Gasteiger partial charge in [-0.05, 0) is 48.9 Å². The van der Waals surface area contributed by atoms with Gasteiger partial charge < -0.3 is 15.0 Å². The van der Waals surface area contributed by atoms with E-state index < -0.39 is 22.8 Å². The van der Waals surface area contributed by atoms with Crippen LogP contribution in [0.25, 0.3) is 16.9 Å². The fraction of sp³-hybridized carbons (Fsp3) is 0.0909. The molecule has 0 atom stereocenters. The van der Waals surface area contributed by atoms with E-state index in [-0.39, 0.29) is 5.69 Å². The lowest BCUT2D eigenvalue weighted by Crippen LogP contribution is -2.19. The van der Waals surface area contributed by atoms with Crippen LogP contribution in [0, 0.1) is 6.92 Å². The predicted molar refractivity (Wildman–Crippen MR) is 114 cm³/mol. The molecule has 0 aliphatic carbocycles. The Balaban J connectivity index is 1.46. The molecule has 0 spiro atoms. The number of hydrogen-bond acceptors (Lipinski definition) is 2. The topological polar surface area (TPSA) is 58.4 Å². The van der Waals surface area contributed by atoms with Gasteiger partial charge in [-0.25, -0.2) is 9.78 Å². The number of benzene rings is 2. The van der Waals surface area contributed by atoms with Crippen molar-refractivity contribution in [1.29, 1.82) is 0 Å². The molecule has 2 N–H and O–H groups in total. The molecule has 158 valence electrons. The highest BCUT2D eigenvalue weighted by molar-refractivity contribution is 6.31. The Bertz CT molecular complexity index is 1270. The van der Waals surface area contributed by atoms with Crippen molar-refractivity contribution in [2.24, 2.45) is 0 Å². The summed E-state index contributed by atoms with van der Waals surface area (Å²) >= 11 is 5.59. The fourth-order valence-corrected chi connectivity index (χ4v) is 3.36. The molecular formula is C22H16ClF3N4O. The summed E-state index contributed by atoms with van der Waals surface area (Å²) in [7, 11) is 0. The lowest BCUT2D eigenvalue weighted by Gasteiger charge is -2.12. The standard InChI is InChI=1S/C22H16ClF3N4O/c1-13-3-2-10-30-12-19(29-20(13)30)14-4-6-15(7-5-14)27-21(31)28-16-8-9-18(23)17(11-16)22(24,25)26/h2-12H,1H3,(H2,27,28,31). The number of urea groups is 1. The summed E-state index contributed by atoms with van der Waals surface area (Å²) in [6.45, 7) is 1.98. The first-order valence-electron chi connectivity index (χ1n) is 9.20. The first kappa shape index (κ1) is 20.7. The van der Waals surface area contributed by atoms with Gasteiger partial charge in [-0.15, -0.1) is 0 Å². The van der Waals surface area contributed by atoms with Crippen LogP contribution >= 0.6 is 11.6 Å². The van der Waals surface area contributed by atoms with Gasteiger partial charge >= 0.3 is 12.2 Å². The molecule has 0 saturated heterocycles. The third-order valence-corrected chi connectivity index (χ3v) is 4.98. The van der Waals surface area contributed by atoms with Crippen LogP contribution in [0.4, 0.5) is 29.3 Å². The summed E-state index contributed by atoms with van der Waals surface area (Å²) < 4.78 is 40.8. The largest absolute Gasteiger partial charge is 0.417 e. The summed E-state index contributed by atoms with van der Waals surface area (Å²) in [5.41, 5.74) is 3.00. The van der Waals surface area contributed by atoms with Gasteiger partial charge in [0, 0.05) is 29.3 Å². The summed E-state index contributed by atoms with van der Waals surface area (Å²) in [4.78, 5) is 16.8. The van der Waals surface area contributed by atoms with Crippen LogP contribution in [0.5, 0.6) is 0 Å². The van der Waals surface area contributed by atoms with E-state index >= 15 is 0 Å². The molecule has 2 aromatic heterocycles. The van der Waals surface area contributed by atoms with Gasteiger partial charge in [0.1, 0.15) is 5.65 Å². The van der Waals surface area contributed by atoms with E-state index in [1.54, 1.807) is 24.3 Å². The van der Waals surface area contributed by atoms with E-state index in [0.717, 1.165) is 34.6 Å². The van der Waals surface area contributed by atoms with E-state index in [1.165, 1.54) is 6.07 Å². The van der Waals surface area contributed by atoms with Crippen LogP contribution in [0.1, 0.15) is 11.1 Å². The number of carbonyl (C=O) groups is 1. The number of aromatic nitrogens is 2. The van der Waals surface area contributed by atoms with Crippen molar-refractivity contribution in [1.82, 2.24) is 9.38 Å². The van der Waals surface area contributed by atoms with Gasteiger partial charge in [0.15, 0.2) is 0 Å². The van der Waals surface area contributed by atoms with Crippen molar-refractivity contribution >= 4 is 34.7 Å². The van der Waals surface area contributed by atoms with E-state index in [9.17, 15) is 18.0 Å². The highest BCUT2D eigenvalue weighted by atomic mass is 35.5. The molecule has 2 heterocycles. The molecule has 4 aromatic rings. The molecule has 0 radical (unpaired) electrons. The van der Waals surface area contributed by atoms with Crippen LogP contribution in [-0.4, -0.2) is 15.4 Å². The van der Waals surface area contributed by atoms with E-state index in [2.05, 4.69) is 15.6 Å². The highest BCUT2D eigenvalue weighted by Crippen LogP contribution is 2.36. The third-order valence-electron chi connectivity index (χ3n) is 4.65. The minimum atomic E-state index is -4.61. The molecule has 4 rings (SSSR count). The van der Waals surface area contributed by atoms with Crippen molar-refractivity contribution < 1.29 is 18.0 Å². The Morgan fingerprint density at radius 2 is 1.71 bits per heavy atom. The third kappa shape index (κ3) is 4.49. The highest BCUT2D eigenvalue weighted by Gasteiger charge is 2.33. The molecule has 31 heavy (non-hydrogen) atoms. The Hall–Kier alpha value is -3.52. The minimum absolute atomic E-state index is 0.0223. The Morgan fingerprint density at radius 1 is 1.03 bits per heavy atom. The smallest absolute Gasteiger partial charge is 0.308 e. The van der Waals surface area contributed by atoms with Gasteiger partial charge in [-0.1, -0.05) is 29.8 Å². The lowest BCUT2D eigenvalue weighted by molar-refractivity contribution is -0.137. The summed E-state index contributed by atoms with van der Waals surface area (Å²) in [5, 5.41) is 4.53. The molecule has 0 fully saturated rings. The zero-order valence-corrected chi connectivity index (χ0v) is 16.9. The summed E-state index contributed by atoms with van der Waals surface area (Å²) in [6, 6.07) is 13.4. The Labute approximate surface area is 180 Å². The van der Waals surface area contributed by atoms with E-state index in [0.29, 0.717) is 5.69 Å². The Morgan fingerprint density at radius 3 is 2.39 bits per heavy atom. The predicted octanol–water partition coefficient (Wildman–Crippen LogP) is 6.63. The summed E-state index contributed by atoms with van der Waals surface area (Å²) in [6.07, 6.45) is -0.784. The van der Waals surface area contributed by atoms with Crippen LogP contribution in [0.3, 0.4) is 0 Å². The average Bonchev–Trinajstić information content (AvgIpc) is 3.15. The molecular weight excluding hydrogens is 429 g/mol. The molecule has 2 aromatic carbocycles. The van der Waals surface area contributed by atoms with Gasteiger partial charge in [-0.3, -0.25) is 0 Å². The number of imidazole rings is 1. The number of fused-ring (bicyclic) bond motifs is 1. The maximum Gasteiger partial charge on any atom is 0.417 e. The van der Waals surface area contributed by atoms with Gasteiger partial charge in [0.05, 0.1) is 16.3 Å². The van der Waals surface area contributed by atoms with E-state index in [4.69, 9.17) is 11.6 Å². The quantitative estimate of drug-likeness (QED) is 0.373. The zero-order chi connectivity index (χ0) is 22.2. The van der Waals surface area contributed by atoms with Crippen molar-refractivity contribution in [3.8, 4) is 11.3 Å². The number of aryl methyl sites for hydroxylation is 1. The van der Waals surface area contributed by atoms with Crippen molar-refractivity contribution in [2.45, 2.75) is 13.1 Å². The van der Waals surface area contributed by atoms with Crippen LogP contribution in [0.15, 0.2) is 67.0 Å². The maximum absolute atomic E-state index is 13.0. The molecule has 0 unspecified atom stereocenters. The molecule has 0 aliphatic rings. The Kier molecular flexibility index (Phi) is 5.32. The monoisotopic (exact) mass is 444 g/mol. The molecule has 0 bridgehead atoms. The molecule has 0 aliphatic heterocycles. The van der Waals surface area contributed by atoms with Crippen LogP contribution in [0.2, 0.25) is 5.02 Å². The fourth-order valence-electron chi connectivity index (χ4n) is 3.13. The van der Waals surface area contributed by atoms with Crippen LogP contribution < -0.4 is 10.6 Å². The summed E-state index contributed by atoms with van der Waals surface area (Å²) in [5.74, 6) is 0. The normalized spacial score (nSPS) is 11.5. The number of anilines is 2. The molecule has 2 amide bonds. The average molecular weight is 445 g/mol. The molecule has 0 saturated carbocycles. The number of rotatable bonds is 3. The van der Waals surface area contributed by atoms with E-state index in [1.807, 2.05) is 35.9 Å².